The number of nitrogens with one attached hydrogen (secondary N) is 2. The lowest BCUT2D eigenvalue weighted by molar-refractivity contribution is -0.00833. The number of ether oxygens (including phenoxy) is 4. The Bertz CT molecular complexity index is 1790. The van der Waals surface area contributed by atoms with Crippen LogP contribution in [0.25, 0.3) is 0 Å². The highest BCUT2D eigenvalue weighted by atomic mass is 35.5. The van der Waals surface area contributed by atoms with E-state index in [4.69, 9.17) is 30.5 Å². The maximum absolute atomic E-state index is 14.4. The number of urea groups is 1. The molecule has 0 aromatic heterocycles. The zero-order chi connectivity index (χ0) is 36.7. The van der Waals surface area contributed by atoms with Crippen molar-refractivity contribution >= 4 is 44.9 Å². The van der Waals surface area contributed by atoms with Gasteiger partial charge in [0.05, 0.1) is 35.3 Å². The quantitative estimate of drug-likeness (QED) is 0.258. The number of halogens is 1. The lowest BCUT2D eigenvalue weighted by atomic mass is 10.0. The SMILES string of the molecule is C[C@@H]1CN([C@H](C)CO)C(=O)c2cc(NC(=O)Nc3ccc4c(c3)OCO4)ccc2O[C@@H](C)CCCCO[C@@H]1CN(C)S(=O)(=O)c1ccc(Cl)cc1. The molecule has 0 fully saturated rings. The summed E-state index contributed by atoms with van der Waals surface area (Å²) in [5.41, 5.74) is 1.04. The minimum absolute atomic E-state index is 0.0321. The number of fused-ring (bicyclic) bond motifs is 2. The predicted molar refractivity (Wildman–Crippen MR) is 193 cm³/mol. The number of carbonyl (C=O) groups excluding carboxylic acids is 2. The summed E-state index contributed by atoms with van der Waals surface area (Å²) >= 11 is 5.99. The van der Waals surface area contributed by atoms with Gasteiger partial charge in [-0.05, 0) is 87.7 Å². The summed E-state index contributed by atoms with van der Waals surface area (Å²) in [7, 11) is -2.37. The maximum atomic E-state index is 14.4. The van der Waals surface area contributed by atoms with Gasteiger partial charge in [-0.25, -0.2) is 13.2 Å². The molecule has 3 aromatic rings. The predicted octanol–water partition coefficient (Wildman–Crippen LogP) is 5.83. The summed E-state index contributed by atoms with van der Waals surface area (Å²) < 4.78 is 51.5. The number of nitrogens with zero attached hydrogens (tertiary/aromatic N) is 2. The number of benzene rings is 3. The Balaban J connectivity index is 1.39. The van der Waals surface area contributed by atoms with E-state index in [1.54, 1.807) is 43.3 Å². The van der Waals surface area contributed by atoms with Gasteiger partial charge < -0.3 is 39.6 Å². The molecule has 0 saturated carbocycles. The second-order valence-corrected chi connectivity index (χ2v) is 15.4. The third-order valence-corrected chi connectivity index (χ3v) is 11.0. The van der Waals surface area contributed by atoms with Crippen molar-refractivity contribution in [1.29, 1.82) is 0 Å². The van der Waals surface area contributed by atoms with E-state index in [-0.39, 0.29) is 49.0 Å². The monoisotopic (exact) mass is 744 g/mol. The molecule has 0 aliphatic carbocycles. The topological polar surface area (TPSA) is 156 Å². The van der Waals surface area contributed by atoms with E-state index < -0.39 is 34.1 Å². The van der Waals surface area contributed by atoms with Crippen LogP contribution in [0.2, 0.25) is 5.02 Å². The van der Waals surface area contributed by atoms with Gasteiger partial charge in [0.1, 0.15) is 5.75 Å². The van der Waals surface area contributed by atoms with Crippen LogP contribution in [-0.4, -0.2) is 93.1 Å². The second kappa shape index (κ2) is 17.0. The number of carbonyl (C=O) groups is 2. The number of amides is 3. The van der Waals surface area contributed by atoms with Gasteiger partial charge in [-0.15, -0.1) is 0 Å². The summed E-state index contributed by atoms with van der Waals surface area (Å²) in [5, 5.41) is 16.2. The molecule has 2 heterocycles. The third-order valence-electron chi connectivity index (χ3n) is 8.90. The number of sulfonamides is 1. The Morgan fingerprint density at radius 3 is 2.37 bits per heavy atom. The number of anilines is 2. The van der Waals surface area contributed by atoms with Gasteiger partial charge >= 0.3 is 6.03 Å². The standard InChI is InChI=1S/C36H45ClN4O9S/c1-23-19-41(24(2)21-42)35(43)30-17-27(38-36(44)39-28-11-15-32-33(18-28)49-22-48-32)10-14-31(30)50-25(3)7-5-6-16-47-34(23)20-40(4)51(45,46)29-12-8-26(37)9-13-29/h8-15,17-18,23-25,34,42H,5-7,16,19-22H2,1-4H3,(H2,38,39,44)/t23-,24-,25+,34-/m1/s1. The van der Waals surface area contributed by atoms with Crippen LogP contribution in [0.4, 0.5) is 16.2 Å². The van der Waals surface area contributed by atoms with E-state index in [1.807, 2.05) is 13.8 Å². The molecule has 0 unspecified atom stereocenters. The third kappa shape index (κ3) is 9.63. The van der Waals surface area contributed by atoms with Gasteiger partial charge in [0.2, 0.25) is 16.8 Å². The van der Waals surface area contributed by atoms with Gasteiger partial charge in [-0.3, -0.25) is 4.79 Å². The number of likely N-dealkylation sites (N-methyl/N-ethyl adjacent to an activating group) is 1. The van der Waals surface area contributed by atoms with E-state index >= 15 is 0 Å². The van der Waals surface area contributed by atoms with E-state index in [2.05, 4.69) is 10.6 Å². The zero-order valence-corrected chi connectivity index (χ0v) is 30.7. The molecule has 4 atom stereocenters. The highest BCUT2D eigenvalue weighted by Gasteiger charge is 2.32. The fourth-order valence-corrected chi connectivity index (χ4v) is 7.18. The molecule has 3 amide bonds. The lowest BCUT2D eigenvalue weighted by Crippen LogP contribution is -2.48. The first-order chi connectivity index (χ1) is 24.3. The minimum atomic E-state index is -3.86. The van der Waals surface area contributed by atoms with Crippen molar-refractivity contribution < 1.29 is 42.1 Å². The number of aliphatic hydroxyl groups is 1. The largest absolute Gasteiger partial charge is 0.490 e. The summed E-state index contributed by atoms with van der Waals surface area (Å²) in [5.74, 6) is 0.666. The summed E-state index contributed by atoms with van der Waals surface area (Å²) in [4.78, 5) is 29.1. The Morgan fingerprint density at radius 1 is 1.00 bits per heavy atom. The van der Waals surface area contributed by atoms with Gasteiger partial charge in [-0.2, -0.15) is 4.31 Å². The minimum Gasteiger partial charge on any atom is -0.490 e. The lowest BCUT2D eigenvalue weighted by Gasteiger charge is -2.35. The molecule has 276 valence electrons. The molecule has 2 aliphatic rings. The number of hydrogen-bond donors (Lipinski definition) is 3. The second-order valence-electron chi connectivity index (χ2n) is 12.9. The normalized spacial score (nSPS) is 20.6. The van der Waals surface area contributed by atoms with Crippen molar-refractivity contribution in [1.82, 2.24) is 9.21 Å². The smallest absolute Gasteiger partial charge is 0.323 e. The molecule has 0 radical (unpaired) electrons. The molecule has 0 bridgehead atoms. The van der Waals surface area contributed by atoms with Crippen molar-refractivity contribution in [3.8, 4) is 17.2 Å². The molecule has 0 saturated heterocycles. The Morgan fingerprint density at radius 2 is 1.67 bits per heavy atom. The van der Waals surface area contributed by atoms with Crippen LogP contribution in [0.3, 0.4) is 0 Å². The molecular formula is C36H45ClN4O9S. The summed E-state index contributed by atoms with van der Waals surface area (Å²) in [6, 6.07) is 14.7. The molecule has 5 rings (SSSR count). The average Bonchev–Trinajstić information content (AvgIpc) is 3.57. The van der Waals surface area contributed by atoms with Gasteiger partial charge in [0.25, 0.3) is 5.91 Å². The Kier molecular flexibility index (Phi) is 12.7. The Labute approximate surface area is 303 Å². The molecular weight excluding hydrogens is 700 g/mol. The van der Waals surface area contributed by atoms with E-state index in [1.165, 1.54) is 40.5 Å². The Hall–Kier alpha value is -4.08. The number of rotatable bonds is 8. The summed E-state index contributed by atoms with van der Waals surface area (Å²) in [6.45, 7) is 5.88. The van der Waals surface area contributed by atoms with Crippen LogP contribution in [-0.2, 0) is 14.8 Å². The number of hydrogen-bond acceptors (Lipinski definition) is 9. The van der Waals surface area contributed by atoms with Gasteiger partial charge in [0.15, 0.2) is 11.5 Å². The molecule has 51 heavy (non-hydrogen) atoms. The van der Waals surface area contributed by atoms with E-state index in [9.17, 15) is 23.1 Å². The van der Waals surface area contributed by atoms with Gasteiger partial charge in [0, 0.05) is 55.1 Å². The van der Waals surface area contributed by atoms with E-state index in [0.29, 0.717) is 53.1 Å². The first-order valence-electron chi connectivity index (χ1n) is 16.9. The molecule has 15 heteroatoms. The van der Waals surface area contributed by atoms with Crippen LogP contribution in [0.1, 0.15) is 50.4 Å². The summed E-state index contributed by atoms with van der Waals surface area (Å²) in [6.07, 6.45) is 1.34. The van der Waals surface area contributed by atoms with Gasteiger partial charge in [-0.1, -0.05) is 18.5 Å². The van der Waals surface area contributed by atoms with Crippen LogP contribution in [0, 0.1) is 5.92 Å². The van der Waals surface area contributed by atoms with Crippen molar-refractivity contribution in [3.63, 3.8) is 0 Å². The van der Waals surface area contributed by atoms with E-state index in [0.717, 1.165) is 6.42 Å². The molecule has 3 N–H and O–H groups in total. The van der Waals surface area contributed by atoms with Crippen molar-refractivity contribution in [2.45, 2.75) is 63.2 Å². The highest BCUT2D eigenvalue weighted by Crippen LogP contribution is 2.34. The van der Waals surface area contributed by atoms with Crippen LogP contribution >= 0.6 is 11.6 Å². The first kappa shape index (κ1) is 38.2. The zero-order valence-electron chi connectivity index (χ0n) is 29.1. The van der Waals surface area contributed by atoms with Crippen LogP contribution < -0.4 is 24.8 Å². The van der Waals surface area contributed by atoms with Crippen LogP contribution in [0.15, 0.2) is 65.6 Å². The maximum Gasteiger partial charge on any atom is 0.323 e. The highest BCUT2D eigenvalue weighted by molar-refractivity contribution is 7.89. The molecule has 13 nitrogen and oxygen atoms in total. The fraction of sp³-hybridized carbons (Fsp3) is 0.444. The first-order valence-corrected chi connectivity index (χ1v) is 18.7. The van der Waals surface area contributed by atoms with Crippen molar-refractivity contribution in [3.05, 3.63) is 71.2 Å². The molecule has 3 aromatic carbocycles. The number of aliphatic hydroxyl groups excluding tert-OH is 1. The van der Waals surface area contributed by atoms with Crippen molar-refractivity contribution in [2.75, 3.05) is 50.8 Å². The van der Waals surface area contributed by atoms with Crippen LogP contribution in [0.5, 0.6) is 17.2 Å². The fourth-order valence-electron chi connectivity index (χ4n) is 5.87. The molecule has 0 spiro atoms. The average molecular weight is 745 g/mol. The van der Waals surface area contributed by atoms with Crippen molar-refractivity contribution in [2.24, 2.45) is 5.92 Å². The molecule has 2 aliphatic heterocycles.